The number of nitro benzene ring substituents is 1. The number of aromatic hydroxyl groups is 1. The van der Waals surface area contributed by atoms with E-state index in [9.17, 15) is 15.2 Å². The Morgan fingerprint density at radius 1 is 1.24 bits per heavy atom. The lowest BCUT2D eigenvalue weighted by atomic mass is 10.1. The van der Waals surface area contributed by atoms with Crippen LogP contribution in [0.3, 0.4) is 0 Å². The van der Waals surface area contributed by atoms with Crippen molar-refractivity contribution in [2.75, 3.05) is 7.11 Å². The van der Waals surface area contributed by atoms with Crippen molar-refractivity contribution in [2.24, 2.45) is 0 Å². The molecule has 0 bridgehead atoms. The molecule has 0 aliphatic rings. The molecule has 0 aromatic heterocycles. The third-order valence-electron chi connectivity index (χ3n) is 3.06. The van der Waals surface area contributed by atoms with Crippen molar-refractivity contribution in [3.8, 4) is 11.5 Å². The Morgan fingerprint density at radius 2 is 2.05 bits per heavy atom. The molecule has 0 spiro atoms. The fourth-order valence-electron chi connectivity index (χ4n) is 1.94. The van der Waals surface area contributed by atoms with Gasteiger partial charge in [0, 0.05) is 36.9 Å². The third-order valence-corrected chi connectivity index (χ3v) is 3.06. The predicted octanol–water partition coefficient (Wildman–Crippen LogP) is 2.60. The number of phenols is 1. The summed E-state index contributed by atoms with van der Waals surface area (Å²) in [6, 6.07) is 11.5. The zero-order valence-corrected chi connectivity index (χ0v) is 11.6. The van der Waals surface area contributed by atoms with Gasteiger partial charge < -0.3 is 15.2 Å². The summed E-state index contributed by atoms with van der Waals surface area (Å²) in [6.45, 7) is 0.936. The van der Waals surface area contributed by atoms with Gasteiger partial charge in [-0.25, -0.2) is 0 Å². The van der Waals surface area contributed by atoms with E-state index < -0.39 is 4.92 Å². The van der Waals surface area contributed by atoms with E-state index in [-0.39, 0.29) is 11.4 Å². The lowest BCUT2D eigenvalue weighted by molar-refractivity contribution is -0.384. The molecule has 6 heteroatoms. The highest BCUT2D eigenvalue weighted by Gasteiger charge is 2.06. The van der Waals surface area contributed by atoms with Gasteiger partial charge in [0.25, 0.3) is 5.69 Å². The Bertz CT molecular complexity index is 643. The Morgan fingerprint density at radius 3 is 2.71 bits per heavy atom. The maximum Gasteiger partial charge on any atom is 0.269 e. The smallest absolute Gasteiger partial charge is 0.269 e. The summed E-state index contributed by atoms with van der Waals surface area (Å²) in [4.78, 5) is 10.3. The van der Waals surface area contributed by atoms with Gasteiger partial charge in [-0.05, 0) is 11.6 Å². The molecule has 0 amide bonds. The van der Waals surface area contributed by atoms with E-state index in [0.29, 0.717) is 18.8 Å². The highest BCUT2D eigenvalue weighted by Crippen LogP contribution is 2.23. The van der Waals surface area contributed by atoms with Crippen LogP contribution in [0.15, 0.2) is 42.5 Å². The summed E-state index contributed by atoms with van der Waals surface area (Å²) < 4.78 is 5.02. The Kier molecular flexibility index (Phi) is 4.73. The van der Waals surface area contributed by atoms with Crippen LogP contribution in [-0.2, 0) is 13.1 Å². The summed E-state index contributed by atoms with van der Waals surface area (Å²) in [7, 11) is 1.54. The molecule has 2 aromatic rings. The number of methoxy groups -OCH3 is 1. The molecule has 0 aliphatic heterocycles. The molecular formula is C15H16N2O4. The number of nitrogens with one attached hydrogen (secondary N) is 1. The fraction of sp³-hybridized carbons (Fsp3) is 0.200. The van der Waals surface area contributed by atoms with E-state index >= 15 is 0 Å². The number of rotatable bonds is 6. The summed E-state index contributed by atoms with van der Waals surface area (Å²) in [6.07, 6.45) is 0. The molecule has 2 aromatic carbocycles. The number of hydrogen-bond acceptors (Lipinski definition) is 5. The quantitative estimate of drug-likeness (QED) is 0.630. The van der Waals surface area contributed by atoms with E-state index in [1.165, 1.54) is 19.2 Å². The molecular weight excluding hydrogens is 272 g/mol. The van der Waals surface area contributed by atoms with Gasteiger partial charge in [0.2, 0.25) is 0 Å². The second-order valence-corrected chi connectivity index (χ2v) is 4.53. The number of ether oxygens (including phenoxy) is 1. The SMILES string of the molecule is COc1ccc(CNCc2cccc([N+](=O)[O-])c2)c(O)c1. The van der Waals surface area contributed by atoms with E-state index in [1.807, 2.05) is 6.07 Å². The molecule has 0 radical (unpaired) electrons. The minimum Gasteiger partial charge on any atom is -0.507 e. The van der Waals surface area contributed by atoms with Crippen molar-refractivity contribution in [3.05, 3.63) is 63.7 Å². The van der Waals surface area contributed by atoms with Crippen LogP contribution in [0, 0.1) is 10.1 Å². The van der Waals surface area contributed by atoms with Gasteiger partial charge in [-0.15, -0.1) is 0 Å². The van der Waals surface area contributed by atoms with Crippen LogP contribution in [0.4, 0.5) is 5.69 Å². The molecule has 6 nitrogen and oxygen atoms in total. The van der Waals surface area contributed by atoms with Crippen LogP contribution in [-0.4, -0.2) is 17.1 Å². The van der Waals surface area contributed by atoms with Crippen LogP contribution in [0.25, 0.3) is 0 Å². The van der Waals surface area contributed by atoms with Crippen molar-refractivity contribution in [1.29, 1.82) is 0 Å². The molecule has 2 N–H and O–H groups in total. The number of phenolic OH excluding ortho intramolecular Hbond substituents is 1. The van der Waals surface area contributed by atoms with Crippen LogP contribution in [0.2, 0.25) is 0 Å². The summed E-state index contributed by atoms with van der Waals surface area (Å²) in [5.74, 6) is 0.746. The number of nitrogens with zero attached hydrogens (tertiary/aromatic N) is 1. The van der Waals surface area contributed by atoms with Gasteiger partial charge in [0.1, 0.15) is 11.5 Å². The standard InChI is InChI=1S/C15H16N2O4/c1-21-14-6-5-12(15(18)8-14)10-16-9-11-3-2-4-13(7-11)17(19)20/h2-8,16,18H,9-10H2,1H3. The topological polar surface area (TPSA) is 84.6 Å². The first-order valence-electron chi connectivity index (χ1n) is 6.40. The number of nitro groups is 1. The first-order valence-corrected chi connectivity index (χ1v) is 6.40. The third kappa shape index (κ3) is 3.93. The Hall–Kier alpha value is -2.60. The molecule has 0 saturated carbocycles. The van der Waals surface area contributed by atoms with Crippen molar-refractivity contribution < 1.29 is 14.8 Å². The van der Waals surface area contributed by atoms with Gasteiger partial charge >= 0.3 is 0 Å². The normalized spacial score (nSPS) is 10.3. The lowest BCUT2D eigenvalue weighted by Crippen LogP contribution is -2.12. The molecule has 0 fully saturated rings. The molecule has 0 heterocycles. The maximum absolute atomic E-state index is 10.7. The first-order chi connectivity index (χ1) is 10.1. The zero-order chi connectivity index (χ0) is 15.2. The number of hydrogen-bond donors (Lipinski definition) is 2. The van der Waals surface area contributed by atoms with Crippen LogP contribution in [0.1, 0.15) is 11.1 Å². The Balaban J connectivity index is 1.95. The van der Waals surface area contributed by atoms with Gasteiger partial charge in [0.05, 0.1) is 12.0 Å². The molecule has 0 atom stereocenters. The number of benzene rings is 2. The second-order valence-electron chi connectivity index (χ2n) is 4.53. The predicted molar refractivity (Wildman–Crippen MR) is 78.3 cm³/mol. The van der Waals surface area contributed by atoms with Crippen molar-refractivity contribution >= 4 is 5.69 Å². The van der Waals surface area contributed by atoms with Crippen molar-refractivity contribution in [3.63, 3.8) is 0 Å². The van der Waals surface area contributed by atoms with Crippen LogP contribution < -0.4 is 10.1 Å². The maximum atomic E-state index is 10.7. The zero-order valence-electron chi connectivity index (χ0n) is 11.6. The van der Waals surface area contributed by atoms with Gasteiger partial charge in [-0.3, -0.25) is 10.1 Å². The molecule has 0 aliphatic carbocycles. The Labute approximate surface area is 122 Å². The first kappa shape index (κ1) is 14.8. The van der Waals surface area contributed by atoms with Gasteiger partial charge in [-0.1, -0.05) is 18.2 Å². The molecule has 21 heavy (non-hydrogen) atoms. The summed E-state index contributed by atoms with van der Waals surface area (Å²) >= 11 is 0. The van der Waals surface area contributed by atoms with Crippen molar-refractivity contribution in [2.45, 2.75) is 13.1 Å². The largest absolute Gasteiger partial charge is 0.507 e. The number of non-ortho nitro benzene ring substituents is 1. The summed E-state index contributed by atoms with van der Waals surface area (Å²) in [5.41, 5.74) is 1.63. The summed E-state index contributed by atoms with van der Waals surface area (Å²) in [5, 5.41) is 23.7. The minimum absolute atomic E-state index is 0.0709. The van der Waals surface area contributed by atoms with E-state index in [4.69, 9.17) is 4.74 Å². The van der Waals surface area contributed by atoms with Gasteiger partial charge in [0.15, 0.2) is 0 Å². The lowest BCUT2D eigenvalue weighted by Gasteiger charge is -2.08. The molecule has 0 unspecified atom stereocenters. The highest BCUT2D eigenvalue weighted by atomic mass is 16.6. The average Bonchev–Trinajstić information content (AvgIpc) is 2.49. The average molecular weight is 288 g/mol. The van der Waals surface area contributed by atoms with Crippen LogP contribution in [0.5, 0.6) is 11.5 Å². The second kappa shape index (κ2) is 6.71. The minimum atomic E-state index is -0.418. The van der Waals surface area contributed by atoms with E-state index in [1.54, 1.807) is 24.3 Å². The monoisotopic (exact) mass is 288 g/mol. The van der Waals surface area contributed by atoms with E-state index in [2.05, 4.69) is 5.32 Å². The van der Waals surface area contributed by atoms with Crippen molar-refractivity contribution in [1.82, 2.24) is 5.32 Å². The fourth-order valence-corrected chi connectivity index (χ4v) is 1.94. The molecule has 2 rings (SSSR count). The molecule has 110 valence electrons. The van der Waals surface area contributed by atoms with Crippen LogP contribution >= 0.6 is 0 Å². The highest BCUT2D eigenvalue weighted by molar-refractivity contribution is 5.39. The van der Waals surface area contributed by atoms with E-state index in [0.717, 1.165) is 11.1 Å². The molecule has 0 saturated heterocycles. The van der Waals surface area contributed by atoms with Gasteiger partial charge in [-0.2, -0.15) is 0 Å².